The highest BCUT2D eigenvalue weighted by atomic mass is 15.1. The molecule has 1 aromatic heterocycles. The van der Waals surface area contributed by atoms with Gasteiger partial charge in [0.1, 0.15) is 0 Å². The summed E-state index contributed by atoms with van der Waals surface area (Å²) in [6, 6.07) is 4.76. The predicted octanol–water partition coefficient (Wildman–Crippen LogP) is 2.29. The van der Waals surface area contributed by atoms with Crippen LogP contribution in [0.4, 0.5) is 0 Å². The fourth-order valence-corrected chi connectivity index (χ4v) is 1.93. The van der Waals surface area contributed by atoms with Crippen LogP contribution in [0.2, 0.25) is 0 Å². The van der Waals surface area contributed by atoms with Crippen LogP contribution in [0.25, 0.3) is 0 Å². The molecule has 0 aliphatic carbocycles. The molecule has 0 saturated carbocycles. The van der Waals surface area contributed by atoms with Crippen LogP contribution in [-0.4, -0.2) is 36.1 Å². The van der Waals surface area contributed by atoms with Gasteiger partial charge in [-0.15, -0.1) is 0 Å². The maximum atomic E-state index is 4.04. The van der Waals surface area contributed by atoms with Gasteiger partial charge in [0.05, 0.1) is 0 Å². The summed E-state index contributed by atoms with van der Waals surface area (Å²) in [7, 11) is 2.18. The second-order valence-electron chi connectivity index (χ2n) is 4.61. The summed E-state index contributed by atoms with van der Waals surface area (Å²) in [5.74, 6) is 0. The van der Waals surface area contributed by atoms with E-state index in [-0.39, 0.29) is 0 Å². The number of rotatable bonds is 8. The van der Waals surface area contributed by atoms with E-state index in [0.29, 0.717) is 6.04 Å². The maximum absolute atomic E-state index is 4.04. The van der Waals surface area contributed by atoms with Crippen LogP contribution in [0.3, 0.4) is 0 Å². The Morgan fingerprint density at radius 1 is 1.29 bits per heavy atom. The Morgan fingerprint density at radius 2 is 2.00 bits per heavy atom. The van der Waals surface area contributed by atoms with Crippen LogP contribution in [0.1, 0.15) is 32.3 Å². The van der Waals surface area contributed by atoms with Gasteiger partial charge in [0.2, 0.25) is 0 Å². The first-order valence-corrected chi connectivity index (χ1v) is 6.57. The van der Waals surface area contributed by atoms with Crippen LogP contribution in [0.5, 0.6) is 0 Å². The topological polar surface area (TPSA) is 28.2 Å². The van der Waals surface area contributed by atoms with E-state index < -0.39 is 0 Å². The van der Waals surface area contributed by atoms with Crippen LogP contribution >= 0.6 is 0 Å². The lowest BCUT2D eigenvalue weighted by molar-refractivity contribution is 0.277. The summed E-state index contributed by atoms with van der Waals surface area (Å²) in [6.45, 7) is 7.65. The van der Waals surface area contributed by atoms with E-state index in [9.17, 15) is 0 Å². The monoisotopic (exact) mass is 235 g/mol. The molecule has 3 heteroatoms. The summed E-state index contributed by atoms with van der Waals surface area (Å²) >= 11 is 0. The summed E-state index contributed by atoms with van der Waals surface area (Å²) in [5.41, 5.74) is 1.33. The molecule has 17 heavy (non-hydrogen) atoms. The predicted molar refractivity (Wildman–Crippen MR) is 72.9 cm³/mol. The number of nitrogens with zero attached hydrogens (tertiary/aromatic N) is 2. The number of hydrogen-bond donors (Lipinski definition) is 1. The van der Waals surface area contributed by atoms with E-state index >= 15 is 0 Å². The van der Waals surface area contributed by atoms with Crippen molar-refractivity contribution in [1.82, 2.24) is 15.2 Å². The summed E-state index contributed by atoms with van der Waals surface area (Å²) in [5, 5.41) is 3.58. The molecule has 3 nitrogen and oxygen atoms in total. The fraction of sp³-hybridized carbons (Fsp3) is 0.643. The zero-order chi connectivity index (χ0) is 12.5. The van der Waals surface area contributed by atoms with Crippen molar-refractivity contribution in [2.75, 3.05) is 20.1 Å². The van der Waals surface area contributed by atoms with Crippen molar-refractivity contribution in [2.24, 2.45) is 0 Å². The van der Waals surface area contributed by atoms with Crippen molar-refractivity contribution < 1.29 is 0 Å². The van der Waals surface area contributed by atoms with Gasteiger partial charge in [-0.2, -0.15) is 0 Å². The lowest BCUT2D eigenvalue weighted by atomic mass is 10.2. The van der Waals surface area contributed by atoms with Gasteiger partial charge in [-0.1, -0.05) is 13.8 Å². The quantitative estimate of drug-likeness (QED) is 0.749. The molecule has 1 atom stereocenters. The fourth-order valence-electron chi connectivity index (χ4n) is 1.93. The summed E-state index contributed by atoms with van der Waals surface area (Å²) in [6.07, 6.45) is 6.09. The smallest absolute Gasteiger partial charge is 0.0271 e. The number of likely N-dealkylation sites (N-methyl/N-ethyl adjacent to an activating group) is 1. The van der Waals surface area contributed by atoms with Crippen LogP contribution in [0.15, 0.2) is 24.5 Å². The van der Waals surface area contributed by atoms with Crippen molar-refractivity contribution >= 4 is 0 Å². The van der Waals surface area contributed by atoms with E-state index in [1.165, 1.54) is 18.4 Å². The third-order valence-corrected chi connectivity index (χ3v) is 2.91. The zero-order valence-corrected chi connectivity index (χ0v) is 11.3. The normalized spacial score (nSPS) is 12.9. The van der Waals surface area contributed by atoms with Gasteiger partial charge in [-0.05, 0) is 44.1 Å². The van der Waals surface area contributed by atoms with Gasteiger partial charge in [0, 0.05) is 31.5 Å². The third kappa shape index (κ3) is 5.80. The Hall–Kier alpha value is -0.930. The molecule has 1 unspecified atom stereocenters. The maximum Gasteiger partial charge on any atom is 0.0271 e. The van der Waals surface area contributed by atoms with Crippen molar-refractivity contribution in [2.45, 2.75) is 39.3 Å². The van der Waals surface area contributed by atoms with Crippen LogP contribution in [-0.2, 0) is 6.54 Å². The van der Waals surface area contributed by atoms with E-state index in [0.717, 1.165) is 19.6 Å². The molecule has 0 saturated heterocycles. The van der Waals surface area contributed by atoms with Crippen molar-refractivity contribution in [3.05, 3.63) is 30.1 Å². The van der Waals surface area contributed by atoms with Crippen LogP contribution in [0, 0.1) is 0 Å². The van der Waals surface area contributed by atoms with Gasteiger partial charge in [0.25, 0.3) is 0 Å². The lowest BCUT2D eigenvalue weighted by Gasteiger charge is -2.24. The number of hydrogen-bond acceptors (Lipinski definition) is 3. The second kappa shape index (κ2) is 8.20. The zero-order valence-electron chi connectivity index (χ0n) is 11.3. The average Bonchev–Trinajstić information content (AvgIpc) is 2.35. The highest BCUT2D eigenvalue weighted by molar-refractivity contribution is 5.09. The van der Waals surface area contributed by atoms with E-state index in [1.807, 2.05) is 12.4 Å². The molecule has 1 N–H and O–H groups in total. The van der Waals surface area contributed by atoms with Crippen molar-refractivity contribution in [3.63, 3.8) is 0 Å². The highest BCUT2D eigenvalue weighted by Crippen LogP contribution is 2.03. The number of aromatic nitrogens is 1. The molecule has 1 rings (SSSR count). The first-order chi connectivity index (χ1) is 8.26. The van der Waals surface area contributed by atoms with Gasteiger partial charge in [0.15, 0.2) is 0 Å². The average molecular weight is 235 g/mol. The molecule has 0 spiro atoms. The summed E-state index contributed by atoms with van der Waals surface area (Å²) < 4.78 is 0. The second-order valence-corrected chi connectivity index (χ2v) is 4.61. The molecule has 0 radical (unpaired) electrons. The van der Waals surface area contributed by atoms with Crippen molar-refractivity contribution in [3.8, 4) is 0 Å². The molecule has 1 aromatic rings. The number of pyridine rings is 1. The molecule has 96 valence electrons. The molecule has 1 heterocycles. The van der Waals surface area contributed by atoms with Gasteiger partial charge in [-0.25, -0.2) is 0 Å². The summed E-state index contributed by atoms with van der Waals surface area (Å²) in [4.78, 5) is 6.41. The Labute approximate surface area is 105 Å². The Kier molecular flexibility index (Phi) is 6.82. The van der Waals surface area contributed by atoms with Crippen LogP contribution < -0.4 is 5.32 Å². The lowest BCUT2D eigenvalue weighted by Crippen LogP contribution is -2.39. The standard InChI is InChI=1S/C14H25N3/c1-4-8-16-14(5-2)12-17(3)11-13-6-9-15-10-7-13/h6-7,9-10,14,16H,4-5,8,11-12H2,1-3H3. The molecule has 0 aromatic carbocycles. The Bertz CT molecular complexity index is 287. The van der Waals surface area contributed by atoms with E-state index in [1.54, 1.807) is 0 Å². The van der Waals surface area contributed by atoms with Gasteiger partial charge >= 0.3 is 0 Å². The molecular weight excluding hydrogens is 210 g/mol. The molecular formula is C14H25N3. The van der Waals surface area contributed by atoms with E-state index in [4.69, 9.17) is 0 Å². The Balaban J connectivity index is 2.34. The minimum absolute atomic E-state index is 0.599. The first-order valence-electron chi connectivity index (χ1n) is 6.57. The SMILES string of the molecule is CCCNC(CC)CN(C)Cc1ccncc1. The minimum atomic E-state index is 0.599. The van der Waals surface area contributed by atoms with Gasteiger partial charge in [-0.3, -0.25) is 4.98 Å². The van der Waals surface area contributed by atoms with Crippen molar-refractivity contribution in [1.29, 1.82) is 0 Å². The minimum Gasteiger partial charge on any atom is -0.313 e. The molecule has 0 fully saturated rings. The molecule has 0 aliphatic rings. The Morgan fingerprint density at radius 3 is 2.59 bits per heavy atom. The largest absolute Gasteiger partial charge is 0.313 e. The molecule has 0 bridgehead atoms. The first kappa shape index (κ1) is 14.1. The molecule has 0 amide bonds. The van der Waals surface area contributed by atoms with Gasteiger partial charge < -0.3 is 10.2 Å². The van der Waals surface area contributed by atoms with E-state index in [2.05, 4.69) is 48.2 Å². The number of nitrogens with one attached hydrogen (secondary N) is 1. The highest BCUT2D eigenvalue weighted by Gasteiger charge is 2.08. The molecule has 0 aliphatic heterocycles. The third-order valence-electron chi connectivity index (χ3n) is 2.91.